The normalized spacial score (nSPS) is 9.64. The first-order valence-electron chi connectivity index (χ1n) is 2.86. The Balaban J connectivity index is 2.97. The van der Waals surface area contributed by atoms with E-state index in [0.29, 0.717) is 4.85 Å². The van der Waals surface area contributed by atoms with Gasteiger partial charge in [0.05, 0.1) is 7.11 Å². The van der Waals surface area contributed by atoms with Gasteiger partial charge in [-0.2, -0.15) is 0 Å². The third-order valence-corrected chi connectivity index (χ3v) is 1.11. The zero-order valence-electron chi connectivity index (χ0n) is 6.11. The number of carbonyl (C=O) groups is 1. The third kappa shape index (κ3) is 1.28. The first-order chi connectivity index (χ1) is 5.15. The summed E-state index contributed by atoms with van der Waals surface area (Å²) in [6.07, 6.45) is 0. The molecule has 0 aliphatic carbocycles. The van der Waals surface area contributed by atoms with Crippen molar-refractivity contribution in [3.63, 3.8) is 0 Å². The monoisotopic (exact) mass is 157 g/mol. The first kappa shape index (κ1) is 7.52. The zero-order chi connectivity index (χ0) is 8.43. The van der Waals surface area contributed by atoms with Crippen LogP contribution in [-0.4, -0.2) is 33.2 Å². The van der Waals surface area contributed by atoms with Gasteiger partial charge in [-0.3, -0.25) is 0 Å². The molecule has 0 aliphatic rings. The van der Waals surface area contributed by atoms with Crippen LogP contribution in [0.1, 0.15) is 16.4 Å². The van der Waals surface area contributed by atoms with Gasteiger partial charge in [-0.15, -0.1) is 5.10 Å². The van der Waals surface area contributed by atoms with Gasteiger partial charge in [0.1, 0.15) is 0 Å². The molecule has 1 heterocycles. The second-order valence-electron chi connectivity index (χ2n) is 1.86. The molecule has 0 radical (unpaired) electrons. The lowest BCUT2D eigenvalue weighted by molar-refractivity contribution is 0.0578. The number of hydrogen-bond acceptors (Lipinski definition) is 5. The minimum Gasteiger partial charge on any atom is -0.463 e. The molecule has 1 aromatic heterocycles. The maximum atomic E-state index is 10.7. The Morgan fingerprint density at radius 1 is 1.73 bits per heavy atom. The summed E-state index contributed by atoms with van der Waals surface area (Å²) in [5.74, 6) is -0.571. The van der Waals surface area contributed by atoms with Gasteiger partial charge >= 0.3 is 5.97 Å². The molecule has 11 heavy (non-hydrogen) atoms. The van der Waals surface area contributed by atoms with Crippen molar-refractivity contribution >= 4 is 5.97 Å². The Kier molecular flexibility index (Phi) is 1.75. The number of esters is 1. The standard InChI is InChI=1S/C5H7N3O3/c1-3-6-4(5(9)11-2)7-8(3)10/h10H,1-2H3. The Labute approximate surface area is 62.4 Å². The number of hydrogen-bond donors (Lipinski definition) is 1. The lowest BCUT2D eigenvalue weighted by Gasteiger charge is -1.88. The molecular formula is C5H7N3O3. The fourth-order valence-corrected chi connectivity index (χ4v) is 0.560. The van der Waals surface area contributed by atoms with E-state index in [2.05, 4.69) is 14.8 Å². The minimum absolute atomic E-state index is 0.146. The summed E-state index contributed by atoms with van der Waals surface area (Å²) in [4.78, 5) is 14.8. The molecule has 0 saturated carbocycles. The molecule has 0 bridgehead atoms. The van der Waals surface area contributed by atoms with Gasteiger partial charge in [0.25, 0.3) is 5.82 Å². The minimum atomic E-state index is -0.666. The van der Waals surface area contributed by atoms with Crippen LogP contribution in [0.15, 0.2) is 0 Å². The van der Waals surface area contributed by atoms with Crippen molar-refractivity contribution in [2.75, 3.05) is 7.11 Å². The predicted molar refractivity (Wildman–Crippen MR) is 33.3 cm³/mol. The van der Waals surface area contributed by atoms with Crippen LogP contribution in [0.2, 0.25) is 0 Å². The van der Waals surface area contributed by atoms with Crippen LogP contribution in [0.5, 0.6) is 0 Å². The molecule has 0 saturated heterocycles. The Morgan fingerprint density at radius 2 is 2.36 bits per heavy atom. The average Bonchev–Trinajstić information content (AvgIpc) is 2.31. The predicted octanol–water partition coefficient (Wildman–Crippen LogP) is -0.390. The van der Waals surface area contributed by atoms with Crippen LogP contribution >= 0.6 is 0 Å². The molecule has 0 atom stereocenters. The van der Waals surface area contributed by atoms with E-state index >= 15 is 0 Å². The SMILES string of the molecule is COC(=O)c1nc(C)n(O)n1. The molecule has 0 spiro atoms. The van der Waals surface area contributed by atoms with Crippen LogP contribution in [0.3, 0.4) is 0 Å². The molecule has 0 amide bonds. The second-order valence-corrected chi connectivity index (χ2v) is 1.86. The topological polar surface area (TPSA) is 77.2 Å². The Bertz CT molecular complexity index is 261. The van der Waals surface area contributed by atoms with Crippen LogP contribution in [-0.2, 0) is 4.74 Å². The molecule has 1 aromatic rings. The van der Waals surface area contributed by atoms with Crippen molar-refractivity contribution in [1.29, 1.82) is 0 Å². The van der Waals surface area contributed by atoms with E-state index in [1.807, 2.05) is 0 Å². The summed E-state index contributed by atoms with van der Waals surface area (Å²) < 4.78 is 4.32. The molecule has 1 N–H and O–H groups in total. The van der Waals surface area contributed by atoms with E-state index in [1.165, 1.54) is 14.0 Å². The smallest absolute Gasteiger partial charge is 0.378 e. The maximum Gasteiger partial charge on any atom is 0.378 e. The number of ether oxygens (including phenoxy) is 1. The lowest BCUT2D eigenvalue weighted by Crippen LogP contribution is -2.04. The summed E-state index contributed by atoms with van der Waals surface area (Å²) in [5, 5.41) is 12.2. The molecule has 0 unspecified atom stereocenters. The van der Waals surface area contributed by atoms with Crippen LogP contribution < -0.4 is 0 Å². The van der Waals surface area contributed by atoms with E-state index in [9.17, 15) is 4.79 Å². The van der Waals surface area contributed by atoms with E-state index in [0.717, 1.165) is 0 Å². The highest BCUT2D eigenvalue weighted by Crippen LogP contribution is 1.95. The van der Waals surface area contributed by atoms with Crippen molar-refractivity contribution in [3.05, 3.63) is 11.6 Å². The Morgan fingerprint density at radius 3 is 2.73 bits per heavy atom. The van der Waals surface area contributed by atoms with Gasteiger partial charge < -0.3 is 9.94 Å². The summed E-state index contributed by atoms with van der Waals surface area (Å²) in [6, 6.07) is 0. The quantitative estimate of drug-likeness (QED) is 0.443. The number of aryl methyl sites for hydroxylation is 1. The molecule has 6 nitrogen and oxygen atoms in total. The lowest BCUT2D eigenvalue weighted by atomic mass is 10.6. The van der Waals surface area contributed by atoms with Crippen LogP contribution in [0.25, 0.3) is 0 Å². The van der Waals surface area contributed by atoms with Gasteiger partial charge in [0, 0.05) is 0 Å². The van der Waals surface area contributed by atoms with E-state index < -0.39 is 5.97 Å². The number of carbonyl (C=O) groups excluding carboxylic acids is 1. The highest BCUT2D eigenvalue weighted by molar-refractivity contribution is 5.84. The van der Waals surface area contributed by atoms with E-state index in [1.54, 1.807) is 0 Å². The molecule has 60 valence electrons. The molecule has 6 heteroatoms. The summed E-state index contributed by atoms with van der Waals surface area (Å²) >= 11 is 0. The first-order valence-corrected chi connectivity index (χ1v) is 2.86. The van der Waals surface area contributed by atoms with Gasteiger partial charge in [-0.25, -0.2) is 9.78 Å². The van der Waals surface area contributed by atoms with Gasteiger partial charge in [0.15, 0.2) is 5.82 Å². The fraction of sp³-hybridized carbons (Fsp3) is 0.400. The summed E-state index contributed by atoms with van der Waals surface area (Å²) in [5.41, 5.74) is 0. The number of methoxy groups -OCH3 is 1. The van der Waals surface area contributed by atoms with Crippen molar-refractivity contribution in [2.45, 2.75) is 6.92 Å². The number of nitrogens with zero attached hydrogens (tertiary/aromatic N) is 3. The van der Waals surface area contributed by atoms with Gasteiger partial charge in [-0.1, -0.05) is 4.85 Å². The van der Waals surface area contributed by atoms with Crippen molar-refractivity contribution < 1.29 is 14.7 Å². The maximum absolute atomic E-state index is 10.7. The van der Waals surface area contributed by atoms with Crippen molar-refractivity contribution in [1.82, 2.24) is 14.9 Å². The number of rotatable bonds is 1. The molecule has 0 fully saturated rings. The summed E-state index contributed by atoms with van der Waals surface area (Å²) in [7, 11) is 1.22. The van der Waals surface area contributed by atoms with Gasteiger partial charge in [-0.05, 0) is 6.92 Å². The molecular weight excluding hydrogens is 150 g/mol. The Hall–Kier alpha value is -1.59. The highest BCUT2D eigenvalue weighted by Gasteiger charge is 2.13. The van der Waals surface area contributed by atoms with Crippen molar-refractivity contribution in [2.24, 2.45) is 0 Å². The summed E-state index contributed by atoms with van der Waals surface area (Å²) in [6.45, 7) is 1.51. The van der Waals surface area contributed by atoms with Crippen LogP contribution in [0.4, 0.5) is 0 Å². The van der Waals surface area contributed by atoms with E-state index in [-0.39, 0.29) is 11.6 Å². The molecule has 0 aliphatic heterocycles. The largest absolute Gasteiger partial charge is 0.463 e. The third-order valence-electron chi connectivity index (χ3n) is 1.11. The average molecular weight is 157 g/mol. The van der Waals surface area contributed by atoms with Crippen molar-refractivity contribution in [3.8, 4) is 0 Å². The highest BCUT2D eigenvalue weighted by atomic mass is 16.5. The molecule has 0 aromatic carbocycles. The van der Waals surface area contributed by atoms with E-state index in [4.69, 9.17) is 5.21 Å². The second kappa shape index (κ2) is 2.57. The van der Waals surface area contributed by atoms with Crippen LogP contribution in [0, 0.1) is 6.92 Å². The zero-order valence-corrected chi connectivity index (χ0v) is 6.11. The van der Waals surface area contributed by atoms with Gasteiger partial charge in [0.2, 0.25) is 0 Å². The number of aromatic nitrogens is 3. The fourth-order valence-electron chi connectivity index (χ4n) is 0.560. The molecule has 1 rings (SSSR count).